The Balaban J connectivity index is 5.42. The minimum absolute atomic E-state index is 0.00919. The molecule has 0 amide bonds. The quantitative estimate of drug-likeness (QED) is 0.380. The molecule has 0 radical (unpaired) electrons. The van der Waals surface area contributed by atoms with Gasteiger partial charge in [-0.05, 0) is 13.8 Å². The molecule has 19 heavy (non-hydrogen) atoms. The highest BCUT2D eigenvalue weighted by Gasteiger charge is 2.22. The van der Waals surface area contributed by atoms with Gasteiger partial charge in [0, 0.05) is 17.5 Å². The lowest BCUT2D eigenvalue weighted by molar-refractivity contribution is 0.0620. The normalized spacial score (nSPS) is 13.7. The Hall–Kier alpha value is -0.820. The van der Waals surface area contributed by atoms with Crippen LogP contribution in [0.3, 0.4) is 0 Å². The van der Waals surface area contributed by atoms with E-state index in [9.17, 15) is 4.57 Å². The Morgan fingerprint density at radius 2 is 1.74 bits per heavy atom. The summed E-state index contributed by atoms with van der Waals surface area (Å²) in [5.74, 6) is 0.0952. The molecular formula is C10H19O7PS. The summed E-state index contributed by atoms with van der Waals surface area (Å²) in [6.45, 7) is -0.232. The van der Waals surface area contributed by atoms with Gasteiger partial charge in [-0.2, -0.15) is 0 Å². The summed E-state index contributed by atoms with van der Waals surface area (Å²) < 4.78 is 31.3. The molecule has 0 unspecified atom stereocenters. The molecule has 0 saturated carbocycles. The SMILES string of the molecule is CCOC(=CC(SP(=O)(O)O)=C(OC)OCC)OC. The molecule has 0 aromatic heterocycles. The van der Waals surface area contributed by atoms with Gasteiger partial charge in [-0.3, -0.25) is 0 Å². The number of rotatable bonds is 9. The Morgan fingerprint density at radius 1 is 1.16 bits per heavy atom. The van der Waals surface area contributed by atoms with Gasteiger partial charge in [-0.1, -0.05) is 0 Å². The summed E-state index contributed by atoms with van der Waals surface area (Å²) in [6.07, 6.45) is 1.31. The van der Waals surface area contributed by atoms with Gasteiger partial charge < -0.3 is 28.7 Å². The van der Waals surface area contributed by atoms with Gasteiger partial charge >= 0.3 is 6.80 Å². The molecule has 0 aliphatic carbocycles. The Kier molecular flexibility index (Phi) is 8.75. The third-order valence-electron chi connectivity index (χ3n) is 1.62. The van der Waals surface area contributed by atoms with E-state index in [4.69, 9.17) is 28.7 Å². The van der Waals surface area contributed by atoms with Crippen LogP contribution in [-0.4, -0.2) is 37.2 Å². The van der Waals surface area contributed by atoms with Gasteiger partial charge in [-0.15, -0.1) is 0 Å². The molecule has 0 saturated heterocycles. The van der Waals surface area contributed by atoms with Gasteiger partial charge in [0.2, 0.25) is 0 Å². The summed E-state index contributed by atoms with van der Waals surface area (Å²) in [4.78, 5) is 18.2. The molecule has 7 nitrogen and oxygen atoms in total. The predicted molar refractivity (Wildman–Crippen MR) is 72.0 cm³/mol. The van der Waals surface area contributed by atoms with Gasteiger partial charge in [0.1, 0.15) is 4.91 Å². The maximum atomic E-state index is 11.1. The molecule has 0 aliphatic rings. The summed E-state index contributed by atoms with van der Waals surface area (Å²) in [5, 5.41) is 0. The first-order valence-corrected chi connectivity index (χ1v) is 8.46. The molecule has 0 heterocycles. The van der Waals surface area contributed by atoms with Gasteiger partial charge in [0.05, 0.1) is 27.4 Å². The zero-order valence-corrected chi connectivity index (χ0v) is 13.0. The average Bonchev–Trinajstić information content (AvgIpc) is 2.32. The zero-order chi connectivity index (χ0) is 14.9. The largest absolute Gasteiger partial charge is 0.469 e. The first kappa shape index (κ1) is 18.2. The lowest BCUT2D eigenvalue weighted by Crippen LogP contribution is -2.00. The van der Waals surface area contributed by atoms with Crippen LogP contribution in [0.1, 0.15) is 13.8 Å². The van der Waals surface area contributed by atoms with Crippen LogP contribution in [0.25, 0.3) is 0 Å². The maximum absolute atomic E-state index is 11.1. The number of hydrogen-bond acceptors (Lipinski definition) is 6. The fourth-order valence-corrected chi connectivity index (χ4v) is 2.79. The summed E-state index contributed by atoms with van der Waals surface area (Å²) in [7, 11) is 2.72. The topological polar surface area (TPSA) is 94.5 Å². The second kappa shape index (κ2) is 9.14. The third kappa shape index (κ3) is 8.05. The van der Waals surface area contributed by atoms with Gasteiger partial charge in [-0.25, -0.2) is 4.57 Å². The molecule has 0 atom stereocenters. The first-order chi connectivity index (χ1) is 8.87. The summed E-state index contributed by atoms with van der Waals surface area (Å²) >= 11 is 0.304. The van der Waals surface area contributed by atoms with Crippen LogP contribution in [0.5, 0.6) is 0 Å². The Bertz CT molecular complexity index is 374. The lowest BCUT2D eigenvalue weighted by atomic mass is 10.5. The molecule has 9 heteroatoms. The van der Waals surface area contributed by atoms with E-state index in [1.165, 1.54) is 20.3 Å². The molecule has 0 bridgehead atoms. The molecule has 0 aliphatic heterocycles. The molecule has 112 valence electrons. The average molecular weight is 314 g/mol. The second-order valence-electron chi connectivity index (χ2n) is 2.97. The zero-order valence-electron chi connectivity index (χ0n) is 11.3. The second-order valence-corrected chi connectivity index (χ2v) is 6.55. The molecule has 0 aromatic carbocycles. The van der Waals surface area contributed by atoms with Crippen molar-refractivity contribution in [3.8, 4) is 0 Å². The smallest absolute Gasteiger partial charge is 0.388 e. The van der Waals surface area contributed by atoms with E-state index in [2.05, 4.69) is 0 Å². The van der Waals surface area contributed by atoms with Crippen molar-refractivity contribution in [1.29, 1.82) is 0 Å². The molecular weight excluding hydrogens is 295 g/mol. The minimum atomic E-state index is -4.36. The van der Waals surface area contributed by atoms with E-state index in [0.717, 1.165) is 0 Å². The fraction of sp³-hybridized carbons (Fsp3) is 0.600. The molecule has 0 aromatic rings. The van der Waals surface area contributed by atoms with Crippen LogP contribution in [0.15, 0.2) is 22.9 Å². The van der Waals surface area contributed by atoms with E-state index >= 15 is 0 Å². The van der Waals surface area contributed by atoms with E-state index in [0.29, 0.717) is 24.6 Å². The van der Waals surface area contributed by atoms with Crippen LogP contribution >= 0.6 is 18.2 Å². The van der Waals surface area contributed by atoms with Crippen molar-refractivity contribution in [2.24, 2.45) is 0 Å². The highest BCUT2D eigenvalue weighted by Crippen LogP contribution is 2.55. The fourth-order valence-electron chi connectivity index (χ4n) is 1.02. The maximum Gasteiger partial charge on any atom is 0.388 e. The van der Waals surface area contributed by atoms with Crippen LogP contribution in [0, 0.1) is 0 Å². The Labute approximate surface area is 116 Å². The number of allylic oxidation sites excluding steroid dienone is 1. The van der Waals surface area contributed by atoms with Crippen LogP contribution in [0.2, 0.25) is 0 Å². The summed E-state index contributed by atoms with van der Waals surface area (Å²) in [6, 6.07) is 0. The molecule has 0 fully saturated rings. The van der Waals surface area contributed by atoms with E-state index in [-0.39, 0.29) is 16.8 Å². The lowest BCUT2D eigenvalue weighted by Gasteiger charge is -2.13. The third-order valence-corrected chi connectivity index (χ3v) is 3.64. The van der Waals surface area contributed by atoms with Gasteiger partial charge in [0.25, 0.3) is 11.9 Å². The van der Waals surface area contributed by atoms with Crippen molar-refractivity contribution in [3.05, 3.63) is 22.9 Å². The number of hydrogen-bond donors (Lipinski definition) is 2. The van der Waals surface area contributed by atoms with Crippen molar-refractivity contribution in [1.82, 2.24) is 0 Å². The predicted octanol–water partition coefficient (Wildman–Crippen LogP) is 2.19. The Morgan fingerprint density at radius 3 is 2.11 bits per heavy atom. The standard InChI is InChI=1S/C10H19O7PS/c1-5-16-9(14-3)7-8(19-18(11,12)13)10(15-4)17-6-2/h7H,5-6H2,1-4H3,(H2,11,12,13). The first-order valence-electron chi connectivity index (χ1n) is 5.42. The van der Waals surface area contributed by atoms with E-state index < -0.39 is 6.80 Å². The van der Waals surface area contributed by atoms with Crippen molar-refractivity contribution in [2.45, 2.75) is 13.8 Å². The minimum Gasteiger partial charge on any atom is -0.469 e. The number of methoxy groups -OCH3 is 2. The van der Waals surface area contributed by atoms with Crippen molar-refractivity contribution < 1.29 is 33.3 Å². The van der Waals surface area contributed by atoms with Gasteiger partial charge in [0.15, 0.2) is 0 Å². The van der Waals surface area contributed by atoms with E-state index in [1.807, 2.05) is 0 Å². The van der Waals surface area contributed by atoms with Crippen LogP contribution in [-0.2, 0) is 23.5 Å². The van der Waals surface area contributed by atoms with Crippen LogP contribution < -0.4 is 0 Å². The van der Waals surface area contributed by atoms with E-state index in [1.54, 1.807) is 13.8 Å². The summed E-state index contributed by atoms with van der Waals surface area (Å²) in [5.41, 5.74) is 0. The molecule has 0 spiro atoms. The van der Waals surface area contributed by atoms with Crippen molar-refractivity contribution in [3.63, 3.8) is 0 Å². The monoisotopic (exact) mass is 314 g/mol. The number of ether oxygens (including phenoxy) is 4. The highest BCUT2D eigenvalue weighted by atomic mass is 32.7. The van der Waals surface area contributed by atoms with Crippen LogP contribution in [0.4, 0.5) is 0 Å². The molecule has 2 N–H and O–H groups in total. The van der Waals surface area contributed by atoms with Crippen molar-refractivity contribution in [2.75, 3.05) is 27.4 Å². The van der Waals surface area contributed by atoms with Crippen molar-refractivity contribution >= 4 is 18.2 Å². The highest BCUT2D eigenvalue weighted by molar-refractivity contribution is 8.56. The molecule has 0 rings (SSSR count).